The maximum absolute atomic E-state index is 10.5. The molecule has 2 N–H and O–H groups in total. The molecule has 0 aliphatic heterocycles. The molecule has 0 amide bonds. The molecule has 0 bridgehead atoms. The third-order valence-electron chi connectivity index (χ3n) is 1.94. The Morgan fingerprint density at radius 1 is 1.67 bits per heavy atom. The molecule has 0 unspecified atom stereocenters. The van der Waals surface area contributed by atoms with E-state index < -0.39 is 5.97 Å². The quantitative estimate of drug-likeness (QED) is 0.730. The monoisotopic (exact) mass is 230 g/mol. The highest BCUT2D eigenvalue weighted by Gasteiger charge is 2.11. The van der Waals surface area contributed by atoms with Crippen LogP contribution in [0.4, 0.5) is 0 Å². The zero-order valence-corrected chi connectivity index (χ0v) is 9.33. The van der Waals surface area contributed by atoms with E-state index in [-0.39, 0.29) is 13.0 Å². The average Bonchev–Trinajstić information content (AvgIpc) is 2.52. The normalized spacial score (nSPS) is 10.9. The van der Waals surface area contributed by atoms with E-state index in [2.05, 4.69) is 4.98 Å². The number of likely N-dealkylation sites (N-methyl/N-ethyl adjacent to an activating group) is 1. The highest BCUT2D eigenvalue weighted by Crippen LogP contribution is 2.15. The summed E-state index contributed by atoms with van der Waals surface area (Å²) in [4.78, 5) is 17.4. The van der Waals surface area contributed by atoms with Crippen molar-refractivity contribution in [2.24, 2.45) is 0 Å². The molecular formula is C9H14N2O3S. The van der Waals surface area contributed by atoms with Gasteiger partial charge in [0.25, 0.3) is 0 Å². The number of thiazole rings is 1. The molecule has 0 saturated heterocycles. The molecule has 1 aromatic rings. The number of hydrogen-bond donors (Lipinski definition) is 2. The maximum atomic E-state index is 10.5. The SMILES string of the molecule is CN(CCO)Cc1scnc1CC(=O)O. The lowest BCUT2D eigenvalue weighted by Gasteiger charge is -2.13. The molecule has 6 heteroatoms. The first-order valence-electron chi connectivity index (χ1n) is 4.56. The minimum atomic E-state index is -0.869. The molecule has 84 valence electrons. The summed E-state index contributed by atoms with van der Waals surface area (Å²) >= 11 is 1.45. The van der Waals surface area contributed by atoms with Crippen LogP contribution in [-0.4, -0.2) is 46.3 Å². The lowest BCUT2D eigenvalue weighted by atomic mass is 10.2. The van der Waals surface area contributed by atoms with Gasteiger partial charge in [-0.05, 0) is 7.05 Å². The van der Waals surface area contributed by atoms with E-state index in [1.807, 2.05) is 11.9 Å². The van der Waals surface area contributed by atoms with E-state index >= 15 is 0 Å². The van der Waals surface area contributed by atoms with Crippen molar-refractivity contribution in [3.8, 4) is 0 Å². The van der Waals surface area contributed by atoms with Gasteiger partial charge in [-0.3, -0.25) is 9.69 Å². The van der Waals surface area contributed by atoms with Crippen LogP contribution >= 0.6 is 11.3 Å². The highest BCUT2D eigenvalue weighted by molar-refractivity contribution is 7.09. The molecule has 15 heavy (non-hydrogen) atoms. The molecule has 1 aromatic heterocycles. The Balaban J connectivity index is 2.60. The number of carboxylic acids is 1. The Bertz CT molecular complexity index is 327. The Morgan fingerprint density at radius 3 is 3.00 bits per heavy atom. The van der Waals surface area contributed by atoms with Crippen LogP contribution in [0.5, 0.6) is 0 Å². The third kappa shape index (κ3) is 3.94. The number of carbonyl (C=O) groups is 1. The summed E-state index contributed by atoms with van der Waals surface area (Å²) in [7, 11) is 1.88. The largest absolute Gasteiger partial charge is 0.481 e. The van der Waals surface area contributed by atoms with Gasteiger partial charge in [-0.25, -0.2) is 4.98 Å². The van der Waals surface area contributed by atoms with Crippen molar-refractivity contribution in [2.75, 3.05) is 20.2 Å². The van der Waals surface area contributed by atoms with Gasteiger partial charge in [0.1, 0.15) is 0 Å². The number of nitrogens with zero attached hydrogens (tertiary/aromatic N) is 2. The Kier molecular flexibility index (Phi) is 4.67. The summed E-state index contributed by atoms with van der Waals surface area (Å²) in [6, 6.07) is 0. The standard InChI is InChI=1S/C9H14N2O3S/c1-11(2-3-12)5-8-7(4-9(13)14)10-6-15-8/h6,12H,2-5H2,1H3,(H,13,14). The second-order valence-corrected chi connectivity index (χ2v) is 4.19. The zero-order valence-electron chi connectivity index (χ0n) is 8.51. The van der Waals surface area contributed by atoms with Gasteiger partial charge in [0, 0.05) is 18.0 Å². The van der Waals surface area contributed by atoms with Crippen molar-refractivity contribution in [3.63, 3.8) is 0 Å². The van der Waals surface area contributed by atoms with Crippen molar-refractivity contribution >= 4 is 17.3 Å². The van der Waals surface area contributed by atoms with Crippen LogP contribution < -0.4 is 0 Å². The van der Waals surface area contributed by atoms with E-state index in [1.165, 1.54) is 11.3 Å². The Hall–Kier alpha value is -0.980. The minimum absolute atomic E-state index is 0.0359. The van der Waals surface area contributed by atoms with Crippen molar-refractivity contribution in [1.82, 2.24) is 9.88 Å². The first-order valence-corrected chi connectivity index (χ1v) is 5.44. The topological polar surface area (TPSA) is 73.7 Å². The summed E-state index contributed by atoms with van der Waals surface area (Å²) in [5, 5.41) is 17.4. The van der Waals surface area contributed by atoms with Crippen LogP contribution in [0.15, 0.2) is 5.51 Å². The van der Waals surface area contributed by atoms with Gasteiger partial charge in [0.15, 0.2) is 0 Å². The molecule has 0 spiro atoms. The molecule has 0 aliphatic rings. The first-order chi connectivity index (χ1) is 7.13. The zero-order chi connectivity index (χ0) is 11.3. The number of aliphatic hydroxyl groups excluding tert-OH is 1. The lowest BCUT2D eigenvalue weighted by molar-refractivity contribution is -0.136. The second-order valence-electron chi connectivity index (χ2n) is 3.25. The molecule has 0 fully saturated rings. The molecule has 0 atom stereocenters. The smallest absolute Gasteiger partial charge is 0.309 e. The number of hydrogen-bond acceptors (Lipinski definition) is 5. The molecule has 0 saturated carbocycles. The molecule has 0 radical (unpaired) electrons. The molecule has 1 rings (SSSR count). The third-order valence-corrected chi connectivity index (χ3v) is 2.80. The van der Waals surface area contributed by atoms with Gasteiger partial charge in [-0.1, -0.05) is 0 Å². The van der Waals surface area contributed by atoms with Crippen LogP contribution in [0.25, 0.3) is 0 Å². The molecular weight excluding hydrogens is 216 g/mol. The Morgan fingerprint density at radius 2 is 2.40 bits per heavy atom. The van der Waals surface area contributed by atoms with Gasteiger partial charge in [0.2, 0.25) is 0 Å². The summed E-state index contributed by atoms with van der Waals surface area (Å²) in [5.41, 5.74) is 2.28. The van der Waals surface area contributed by atoms with Crippen molar-refractivity contribution in [1.29, 1.82) is 0 Å². The number of carboxylic acid groups (broad SMARTS) is 1. The lowest BCUT2D eigenvalue weighted by Crippen LogP contribution is -2.21. The van der Waals surface area contributed by atoms with E-state index in [9.17, 15) is 4.79 Å². The van der Waals surface area contributed by atoms with Gasteiger partial charge >= 0.3 is 5.97 Å². The van der Waals surface area contributed by atoms with Crippen molar-refractivity contribution in [2.45, 2.75) is 13.0 Å². The molecule has 1 heterocycles. The molecule has 5 nitrogen and oxygen atoms in total. The number of aliphatic carboxylic acids is 1. The van der Waals surface area contributed by atoms with Gasteiger partial charge in [-0.15, -0.1) is 11.3 Å². The fourth-order valence-corrected chi connectivity index (χ4v) is 2.07. The van der Waals surface area contributed by atoms with Crippen LogP contribution in [0, 0.1) is 0 Å². The van der Waals surface area contributed by atoms with E-state index in [4.69, 9.17) is 10.2 Å². The summed E-state index contributed by atoms with van der Waals surface area (Å²) in [5.74, 6) is -0.869. The van der Waals surface area contributed by atoms with Crippen LogP contribution in [0.1, 0.15) is 10.6 Å². The number of rotatable bonds is 6. The van der Waals surface area contributed by atoms with Gasteiger partial charge in [-0.2, -0.15) is 0 Å². The average molecular weight is 230 g/mol. The van der Waals surface area contributed by atoms with Crippen molar-refractivity contribution in [3.05, 3.63) is 16.1 Å². The first kappa shape index (κ1) is 12.1. The highest BCUT2D eigenvalue weighted by atomic mass is 32.1. The molecule has 0 aliphatic carbocycles. The fraction of sp³-hybridized carbons (Fsp3) is 0.556. The van der Waals surface area contributed by atoms with E-state index in [0.717, 1.165) is 4.88 Å². The van der Waals surface area contributed by atoms with E-state index in [0.29, 0.717) is 18.8 Å². The maximum Gasteiger partial charge on any atom is 0.309 e. The van der Waals surface area contributed by atoms with E-state index in [1.54, 1.807) is 5.51 Å². The fourth-order valence-electron chi connectivity index (χ4n) is 1.20. The van der Waals surface area contributed by atoms with Crippen molar-refractivity contribution < 1.29 is 15.0 Å². The summed E-state index contributed by atoms with van der Waals surface area (Å²) in [6.07, 6.45) is -0.0359. The van der Waals surface area contributed by atoms with Gasteiger partial charge in [0.05, 0.1) is 24.2 Å². The predicted molar refractivity (Wildman–Crippen MR) is 56.9 cm³/mol. The second kappa shape index (κ2) is 5.79. The number of aliphatic hydroxyl groups is 1. The Labute approximate surface area is 92.0 Å². The van der Waals surface area contributed by atoms with Crippen LogP contribution in [-0.2, 0) is 17.8 Å². The minimum Gasteiger partial charge on any atom is -0.481 e. The summed E-state index contributed by atoms with van der Waals surface area (Å²) < 4.78 is 0. The number of aromatic nitrogens is 1. The van der Waals surface area contributed by atoms with Gasteiger partial charge < -0.3 is 10.2 Å². The van der Waals surface area contributed by atoms with Crippen LogP contribution in [0.3, 0.4) is 0 Å². The summed E-state index contributed by atoms with van der Waals surface area (Å²) in [6.45, 7) is 1.31. The van der Waals surface area contributed by atoms with Crippen LogP contribution in [0.2, 0.25) is 0 Å². The predicted octanol–water partition coefficient (Wildman–Crippen LogP) is 0.194. The molecule has 0 aromatic carbocycles.